The van der Waals surface area contributed by atoms with Gasteiger partial charge in [0.1, 0.15) is 0 Å². The summed E-state index contributed by atoms with van der Waals surface area (Å²) in [6.07, 6.45) is 5.36. The Morgan fingerprint density at radius 3 is 2.25 bits per heavy atom. The molecule has 2 N–H and O–H groups in total. The van der Waals surface area contributed by atoms with Crippen molar-refractivity contribution in [3.8, 4) is 0 Å². The molecule has 0 saturated heterocycles. The van der Waals surface area contributed by atoms with Crippen LogP contribution in [0.4, 0.5) is 0 Å². The first-order chi connectivity index (χ1) is 9.53. The predicted octanol–water partition coefficient (Wildman–Crippen LogP) is 2.42. The zero-order valence-electron chi connectivity index (χ0n) is 12.0. The number of carbonyl (C=O) groups is 1. The van der Waals surface area contributed by atoms with Crippen LogP contribution in [-0.2, 0) is 16.0 Å². The van der Waals surface area contributed by atoms with E-state index in [0.717, 1.165) is 25.7 Å². The molecular weight excluding hydrogens is 256 g/mol. The Morgan fingerprint density at radius 2 is 1.80 bits per heavy atom. The van der Waals surface area contributed by atoms with Crippen molar-refractivity contribution in [3.63, 3.8) is 0 Å². The van der Waals surface area contributed by atoms with E-state index in [1.54, 1.807) is 0 Å². The van der Waals surface area contributed by atoms with E-state index in [1.165, 1.54) is 12.7 Å². The molecule has 4 nitrogen and oxygen atoms in total. The van der Waals surface area contributed by atoms with Gasteiger partial charge in [-0.25, -0.2) is 0 Å². The minimum Gasteiger partial charge on any atom is -0.469 e. The highest BCUT2D eigenvalue weighted by Gasteiger charge is 2.26. The van der Waals surface area contributed by atoms with Crippen LogP contribution < -0.4 is 0 Å². The average Bonchev–Trinajstić information content (AvgIpc) is 2.85. The minimum absolute atomic E-state index is 0.129. The molecule has 0 spiro atoms. The van der Waals surface area contributed by atoms with E-state index >= 15 is 0 Å². The smallest absolute Gasteiger partial charge is 0.305 e. The third-order valence-corrected chi connectivity index (χ3v) is 3.32. The van der Waals surface area contributed by atoms with Crippen LogP contribution >= 0.6 is 0 Å². The van der Waals surface area contributed by atoms with Gasteiger partial charge in [0.15, 0.2) is 5.79 Å². The molecule has 112 valence electrons. The van der Waals surface area contributed by atoms with Crippen molar-refractivity contribution in [3.05, 3.63) is 35.9 Å². The highest BCUT2D eigenvalue weighted by atomic mass is 16.5. The highest BCUT2D eigenvalue weighted by Crippen LogP contribution is 2.25. The molecule has 1 aromatic carbocycles. The lowest BCUT2D eigenvalue weighted by Crippen LogP contribution is -2.21. The summed E-state index contributed by atoms with van der Waals surface area (Å²) in [5.74, 6) is -1.43. The van der Waals surface area contributed by atoms with E-state index in [0.29, 0.717) is 19.3 Å². The molecule has 1 fully saturated rings. The van der Waals surface area contributed by atoms with Crippen LogP contribution in [0.3, 0.4) is 0 Å². The molecule has 0 amide bonds. The minimum atomic E-state index is -1.31. The maximum Gasteiger partial charge on any atom is 0.305 e. The second-order valence-corrected chi connectivity index (χ2v) is 5.10. The monoisotopic (exact) mass is 280 g/mol. The summed E-state index contributed by atoms with van der Waals surface area (Å²) in [6.45, 7) is 0. The maximum absolute atomic E-state index is 10.8. The first-order valence-corrected chi connectivity index (χ1v) is 7.09. The van der Waals surface area contributed by atoms with Crippen LogP contribution in [0.1, 0.15) is 44.1 Å². The van der Waals surface area contributed by atoms with Gasteiger partial charge in [0.2, 0.25) is 0 Å². The van der Waals surface area contributed by atoms with Gasteiger partial charge in [0, 0.05) is 19.3 Å². The van der Waals surface area contributed by atoms with Gasteiger partial charge >= 0.3 is 5.97 Å². The van der Waals surface area contributed by atoms with Crippen LogP contribution in [0.15, 0.2) is 30.3 Å². The van der Waals surface area contributed by atoms with Crippen LogP contribution in [0.5, 0.6) is 0 Å². The molecule has 0 radical (unpaired) electrons. The number of carbonyl (C=O) groups excluding carboxylic acids is 1. The van der Waals surface area contributed by atoms with E-state index in [1.807, 2.05) is 18.2 Å². The normalized spacial score (nSPS) is 16.1. The summed E-state index contributed by atoms with van der Waals surface area (Å²) in [6, 6.07) is 10.1. The van der Waals surface area contributed by atoms with Crippen molar-refractivity contribution >= 4 is 5.97 Å². The molecule has 2 rings (SSSR count). The Balaban J connectivity index is 0.000000240. The van der Waals surface area contributed by atoms with Gasteiger partial charge in [-0.3, -0.25) is 4.79 Å². The molecule has 0 atom stereocenters. The number of benzene rings is 1. The van der Waals surface area contributed by atoms with Crippen LogP contribution in [0.2, 0.25) is 0 Å². The number of ether oxygens (including phenoxy) is 1. The zero-order chi connectivity index (χ0) is 14.8. The lowest BCUT2D eigenvalue weighted by Gasteiger charge is -2.11. The first-order valence-electron chi connectivity index (χ1n) is 7.09. The predicted molar refractivity (Wildman–Crippen MR) is 77.0 cm³/mol. The molecule has 4 heteroatoms. The summed E-state index contributed by atoms with van der Waals surface area (Å²) >= 11 is 0. The number of hydrogen-bond acceptors (Lipinski definition) is 4. The highest BCUT2D eigenvalue weighted by molar-refractivity contribution is 5.69. The molecule has 0 aliphatic heterocycles. The van der Waals surface area contributed by atoms with E-state index in [4.69, 9.17) is 10.2 Å². The molecule has 0 unspecified atom stereocenters. The molecule has 1 saturated carbocycles. The zero-order valence-corrected chi connectivity index (χ0v) is 12.0. The number of aryl methyl sites for hydroxylation is 1. The Hall–Kier alpha value is -1.39. The number of rotatable bonds is 4. The fraction of sp³-hybridized carbons (Fsp3) is 0.562. The molecule has 1 aromatic rings. The lowest BCUT2D eigenvalue weighted by atomic mass is 10.1. The average molecular weight is 280 g/mol. The van der Waals surface area contributed by atoms with Crippen molar-refractivity contribution in [1.29, 1.82) is 0 Å². The van der Waals surface area contributed by atoms with Gasteiger partial charge in [0.05, 0.1) is 7.11 Å². The maximum atomic E-state index is 10.8. The van der Waals surface area contributed by atoms with Crippen molar-refractivity contribution in [1.82, 2.24) is 0 Å². The Morgan fingerprint density at radius 1 is 1.20 bits per heavy atom. The van der Waals surface area contributed by atoms with E-state index in [9.17, 15) is 4.79 Å². The summed E-state index contributed by atoms with van der Waals surface area (Å²) in [4.78, 5) is 10.8. The molecular formula is C16H24O4. The van der Waals surface area contributed by atoms with Gasteiger partial charge < -0.3 is 14.9 Å². The third kappa shape index (κ3) is 7.26. The van der Waals surface area contributed by atoms with Crippen molar-refractivity contribution in [2.24, 2.45) is 0 Å². The fourth-order valence-electron chi connectivity index (χ4n) is 2.12. The number of aliphatic hydroxyl groups is 2. The summed E-state index contributed by atoms with van der Waals surface area (Å²) in [5, 5.41) is 17.5. The fourth-order valence-corrected chi connectivity index (χ4v) is 2.12. The van der Waals surface area contributed by atoms with Gasteiger partial charge in [-0.05, 0) is 31.2 Å². The molecule has 0 bridgehead atoms. The molecule has 1 aliphatic carbocycles. The summed E-state index contributed by atoms with van der Waals surface area (Å²) in [5.41, 5.74) is 1.27. The topological polar surface area (TPSA) is 66.8 Å². The molecule has 20 heavy (non-hydrogen) atoms. The van der Waals surface area contributed by atoms with Gasteiger partial charge in [-0.2, -0.15) is 0 Å². The molecule has 1 aliphatic rings. The van der Waals surface area contributed by atoms with Crippen molar-refractivity contribution in [2.75, 3.05) is 7.11 Å². The summed E-state index contributed by atoms with van der Waals surface area (Å²) in [7, 11) is 1.42. The molecule has 0 aromatic heterocycles. The number of esters is 1. The van der Waals surface area contributed by atoms with Crippen molar-refractivity contribution < 1.29 is 19.7 Å². The van der Waals surface area contributed by atoms with Crippen LogP contribution in [0, 0.1) is 0 Å². The Kier molecular flexibility index (Phi) is 7.26. The second-order valence-electron chi connectivity index (χ2n) is 5.10. The van der Waals surface area contributed by atoms with Gasteiger partial charge in [0.25, 0.3) is 0 Å². The number of methoxy groups -OCH3 is 1. The Bertz CT molecular complexity index is 379. The largest absolute Gasteiger partial charge is 0.469 e. The van der Waals surface area contributed by atoms with E-state index < -0.39 is 5.79 Å². The first kappa shape index (κ1) is 16.7. The van der Waals surface area contributed by atoms with Crippen LogP contribution in [-0.4, -0.2) is 29.1 Å². The standard InChI is InChI=1S/C11H14O2.C5H10O2/c1-13-11(12)9-5-8-10-6-3-2-4-7-10;6-5(7)3-1-2-4-5/h2-4,6-7H,5,8-9H2,1H3;6-7H,1-4H2. The molecule has 0 heterocycles. The SMILES string of the molecule is COC(=O)CCCc1ccccc1.OC1(O)CCCC1. The van der Waals surface area contributed by atoms with Crippen LogP contribution in [0.25, 0.3) is 0 Å². The van der Waals surface area contributed by atoms with E-state index in [-0.39, 0.29) is 5.97 Å². The third-order valence-electron chi connectivity index (χ3n) is 3.32. The number of hydrogen-bond donors (Lipinski definition) is 2. The van der Waals surface area contributed by atoms with Crippen molar-refractivity contribution in [2.45, 2.75) is 50.7 Å². The quantitative estimate of drug-likeness (QED) is 0.656. The second kappa shape index (κ2) is 8.72. The summed E-state index contributed by atoms with van der Waals surface area (Å²) < 4.78 is 4.55. The Labute approximate surface area is 120 Å². The lowest BCUT2D eigenvalue weighted by molar-refractivity contribution is -0.152. The van der Waals surface area contributed by atoms with Gasteiger partial charge in [-0.1, -0.05) is 30.3 Å². The van der Waals surface area contributed by atoms with E-state index in [2.05, 4.69) is 16.9 Å². The van der Waals surface area contributed by atoms with Gasteiger partial charge in [-0.15, -0.1) is 0 Å².